The third-order valence-corrected chi connectivity index (χ3v) is 4.71. The van der Waals surface area contributed by atoms with Crippen molar-refractivity contribution in [3.63, 3.8) is 0 Å². The second-order valence-electron chi connectivity index (χ2n) is 6.03. The van der Waals surface area contributed by atoms with Crippen molar-refractivity contribution in [3.05, 3.63) is 82.2 Å². The fourth-order valence-corrected chi connectivity index (χ4v) is 3.43. The number of ether oxygens (including phenoxy) is 1. The van der Waals surface area contributed by atoms with E-state index in [4.69, 9.17) is 20.8 Å². The van der Waals surface area contributed by atoms with E-state index in [0.29, 0.717) is 38.4 Å². The molecule has 27 heavy (non-hydrogen) atoms. The maximum absolute atomic E-state index is 12.9. The molecule has 4 aromatic rings. The van der Waals surface area contributed by atoms with Crippen molar-refractivity contribution in [3.8, 4) is 33.8 Å². The van der Waals surface area contributed by atoms with Crippen LogP contribution in [0, 0.1) is 0 Å². The topological polar surface area (TPSA) is 59.7 Å². The minimum Gasteiger partial charge on any atom is -0.508 e. The lowest BCUT2D eigenvalue weighted by atomic mass is 9.93. The van der Waals surface area contributed by atoms with E-state index in [9.17, 15) is 9.90 Å². The van der Waals surface area contributed by atoms with Crippen molar-refractivity contribution in [2.24, 2.45) is 0 Å². The Morgan fingerprint density at radius 3 is 2.44 bits per heavy atom. The Hall–Kier alpha value is -3.24. The summed E-state index contributed by atoms with van der Waals surface area (Å²) in [4.78, 5) is 12.9. The number of phenols is 1. The lowest BCUT2D eigenvalue weighted by Gasteiger charge is -2.14. The van der Waals surface area contributed by atoms with Gasteiger partial charge in [0, 0.05) is 22.6 Å². The molecular weight excluding hydrogens is 364 g/mol. The summed E-state index contributed by atoms with van der Waals surface area (Å²) in [6.45, 7) is 0. The first-order valence-electron chi connectivity index (χ1n) is 8.27. The van der Waals surface area contributed by atoms with E-state index < -0.39 is 5.63 Å². The van der Waals surface area contributed by atoms with Crippen LogP contribution < -0.4 is 10.4 Å². The largest absolute Gasteiger partial charge is 0.508 e. The van der Waals surface area contributed by atoms with Crippen LogP contribution in [0.3, 0.4) is 0 Å². The number of benzene rings is 3. The lowest BCUT2D eigenvalue weighted by Crippen LogP contribution is -2.06. The summed E-state index contributed by atoms with van der Waals surface area (Å²) in [5.74, 6) is 0.625. The zero-order valence-corrected chi connectivity index (χ0v) is 15.2. The van der Waals surface area contributed by atoms with Gasteiger partial charge in [-0.05, 0) is 35.9 Å². The number of hydrogen-bond donors (Lipinski definition) is 1. The van der Waals surface area contributed by atoms with Crippen LogP contribution >= 0.6 is 11.6 Å². The maximum atomic E-state index is 12.9. The smallest absolute Gasteiger partial charge is 0.344 e. The Morgan fingerprint density at radius 2 is 1.74 bits per heavy atom. The molecule has 0 saturated carbocycles. The fourth-order valence-electron chi connectivity index (χ4n) is 3.16. The quantitative estimate of drug-likeness (QED) is 0.478. The number of phenolic OH excluding ortho intramolecular Hbond substituents is 1. The molecule has 1 N–H and O–H groups in total. The summed E-state index contributed by atoms with van der Waals surface area (Å²) in [5.41, 5.74) is 2.26. The molecule has 134 valence electrons. The van der Waals surface area contributed by atoms with Crippen molar-refractivity contribution in [2.75, 3.05) is 7.11 Å². The van der Waals surface area contributed by atoms with Gasteiger partial charge in [0.05, 0.1) is 17.7 Å². The number of fused-ring (bicyclic) bond motifs is 1. The number of halogens is 1. The minimum atomic E-state index is -0.529. The first-order valence-corrected chi connectivity index (χ1v) is 8.65. The molecule has 0 radical (unpaired) electrons. The monoisotopic (exact) mass is 378 g/mol. The van der Waals surface area contributed by atoms with Gasteiger partial charge in [0.2, 0.25) is 0 Å². The van der Waals surface area contributed by atoms with Crippen molar-refractivity contribution in [1.82, 2.24) is 0 Å². The van der Waals surface area contributed by atoms with Crippen LogP contribution in [-0.4, -0.2) is 12.2 Å². The molecule has 0 amide bonds. The molecule has 1 heterocycles. The van der Waals surface area contributed by atoms with Gasteiger partial charge in [0.1, 0.15) is 17.1 Å². The Kier molecular flexibility index (Phi) is 4.34. The van der Waals surface area contributed by atoms with Crippen LogP contribution in [0.25, 0.3) is 33.2 Å². The predicted molar refractivity (Wildman–Crippen MR) is 107 cm³/mol. The Labute approximate surface area is 160 Å². The third-order valence-electron chi connectivity index (χ3n) is 4.40. The third kappa shape index (κ3) is 3.04. The summed E-state index contributed by atoms with van der Waals surface area (Å²) in [7, 11) is 1.55. The van der Waals surface area contributed by atoms with Gasteiger partial charge in [-0.3, -0.25) is 0 Å². The van der Waals surface area contributed by atoms with E-state index in [2.05, 4.69) is 0 Å². The van der Waals surface area contributed by atoms with Crippen LogP contribution in [0.15, 0.2) is 75.9 Å². The average molecular weight is 379 g/mol. The van der Waals surface area contributed by atoms with Gasteiger partial charge >= 0.3 is 5.63 Å². The van der Waals surface area contributed by atoms with Crippen LogP contribution in [0.2, 0.25) is 5.02 Å². The van der Waals surface area contributed by atoms with E-state index in [0.717, 1.165) is 5.56 Å². The van der Waals surface area contributed by atoms with Gasteiger partial charge in [0.15, 0.2) is 0 Å². The van der Waals surface area contributed by atoms with Crippen LogP contribution in [0.4, 0.5) is 0 Å². The zero-order chi connectivity index (χ0) is 19.0. The fraction of sp³-hybridized carbons (Fsp3) is 0.0455. The van der Waals surface area contributed by atoms with E-state index in [1.165, 1.54) is 6.07 Å². The van der Waals surface area contributed by atoms with Crippen LogP contribution in [0.5, 0.6) is 11.5 Å². The number of rotatable bonds is 3. The first kappa shape index (κ1) is 17.2. The molecule has 0 aliphatic rings. The molecule has 0 aliphatic heterocycles. The molecule has 3 aromatic carbocycles. The predicted octanol–water partition coefficient (Wildman–Crippen LogP) is 5.49. The second kappa shape index (κ2) is 6.82. The van der Waals surface area contributed by atoms with E-state index in [1.807, 2.05) is 30.3 Å². The number of hydrogen-bond acceptors (Lipinski definition) is 4. The molecule has 1 aromatic heterocycles. The van der Waals surface area contributed by atoms with Gasteiger partial charge in [-0.25, -0.2) is 4.79 Å². The van der Waals surface area contributed by atoms with Crippen LogP contribution in [-0.2, 0) is 0 Å². The first-order chi connectivity index (χ1) is 13.1. The maximum Gasteiger partial charge on any atom is 0.344 e. The van der Waals surface area contributed by atoms with Crippen molar-refractivity contribution in [1.29, 1.82) is 0 Å². The van der Waals surface area contributed by atoms with E-state index in [-0.39, 0.29) is 5.75 Å². The molecule has 4 nitrogen and oxygen atoms in total. The highest BCUT2D eigenvalue weighted by Crippen LogP contribution is 2.39. The summed E-state index contributed by atoms with van der Waals surface area (Å²) < 4.78 is 10.7. The molecule has 0 saturated heterocycles. The van der Waals surface area contributed by atoms with Gasteiger partial charge in [-0.2, -0.15) is 0 Å². The van der Waals surface area contributed by atoms with Crippen molar-refractivity contribution in [2.45, 2.75) is 0 Å². The normalized spacial score (nSPS) is 10.9. The van der Waals surface area contributed by atoms with E-state index in [1.54, 1.807) is 37.4 Å². The molecule has 0 atom stereocenters. The molecule has 0 unspecified atom stereocenters. The van der Waals surface area contributed by atoms with E-state index >= 15 is 0 Å². The number of methoxy groups -OCH3 is 1. The standard InChI is InChI=1S/C22H15ClO4/c1-26-15-8-10-16(18(23)12-15)21-20(13-5-3-2-4-6-13)17-9-7-14(24)11-19(17)27-22(21)25/h2-12,24H,1H3. The Morgan fingerprint density at radius 1 is 0.963 bits per heavy atom. The molecule has 0 bridgehead atoms. The van der Waals surface area contributed by atoms with Crippen LogP contribution in [0.1, 0.15) is 0 Å². The molecule has 0 fully saturated rings. The van der Waals surface area contributed by atoms with Gasteiger partial charge < -0.3 is 14.3 Å². The van der Waals surface area contributed by atoms with Crippen molar-refractivity contribution >= 4 is 22.6 Å². The lowest BCUT2D eigenvalue weighted by molar-refractivity contribution is 0.415. The summed E-state index contributed by atoms with van der Waals surface area (Å²) in [6.07, 6.45) is 0. The van der Waals surface area contributed by atoms with Gasteiger partial charge in [-0.15, -0.1) is 0 Å². The zero-order valence-electron chi connectivity index (χ0n) is 14.4. The Bertz CT molecular complexity index is 1200. The van der Waals surface area contributed by atoms with Gasteiger partial charge in [0.25, 0.3) is 0 Å². The summed E-state index contributed by atoms with van der Waals surface area (Å²) >= 11 is 6.45. The summed E-state index contributed by atoms with van der Waals surface area (Å²) in [6, 6.07) is 19.4. The molecular formula is C22H15ClO4. The summed E-state index contributed by atoms with van der Waals surface area (Å²) in [5, 5.41) is 10.9. The molecule has 4 rings (SSSR count). The highest BCUT2D eigenvalue weighted by atomic mass is 35.5. The molecule has 5 heteroatoms. The minimum absolute atomic E-state index is 0.0277. The molecule has 0 aliphatic carbocycles. The Balaban J connectivity index is 2.13. The average Bonchev–Trinajstić information content (AvgIpc) is 2.68. The van der Waals surface area contributed by atoms with Gasteiger partial charge in [-0.1, -0.05) is 41.9 Å². The van der Waals surface area contributed by atoms with Crippen molar-refractivity contribution < 1.29 is 14.3 Å². The number of aromatic hydroxyl groups is 1. The molecule has 0 spiro atoms. The highest BCUT2D eigenvalue weighted by Gasteiger charge is 2.20. The highest BCUT2D eigenvalue weighted by molar-refractivity contribution is 6.33. The second-order valence-corrected chi connectivity index (χ2v) is 6.44. The SMILES string of the molecule is COc1ccc(-c2c(-c3ccccc3)c3ccc(O)cc3oc2=O)c(Cl)c1.